The Morgan fingerprint density at radius 1 is 1.10 bits per heavy atom. The van der Waals surface area contributed by atoms with Crippen molar-refractivity contribution in [3.8, 4) is 0 Å². The lowest BCUT2D eigenvalue weighted by Gasteiger charge is -2.10. The highest BCUT2D eigenvalue weighted by Crippen LogP contribution is 1.83. The van der Waals surface area contributed by atoms with Crippen molar-refractivity contribution >= 4 is 5.78 Å². The van der Waals surface area contributed by atoms with E-state index in [2.05, 4.69) is 0 Å². The molecule has 10 heavy (non-hydrogen) atoms. The standard InChI is InChI=1S/C3H8N2O5/c6-1(2(7)4-9)3(8)5-10/h2-5,7-10H. The lowest BCUT2D eigenvalue weighted by atomic mass is 10.3. The zero-order valence-electron chi connectivity index (χ0n) is 4.85. The average Bonchev–Trinajstić information content (AvgIpc) is 2.00. The van der Waals surface area contributed by atoms with Crippen LogP contribution in [0.1, 0.15) is 0 Å². The Kier molecular flexibility index (Phi) is 4.03. The quantitative estimate of drug-likeness (QED) is 0.189. The zero-order valence-corrected chi connectivity index (χ0v) is 4.85. The van der Waals surface area contributed by atoms with Crippen LogP contribution in [-0.4, -0.2) is 38.9 Å². The Bertz CT molecular complexity index is 105. The summed E-state index contributed by atoms with van der Waals surface area (Å²) in [6, 6.07) is 0. The van der Waals surface area contributed by atoms with Crippen molar-refractivity contribution in [1.29, 1.82) is 0 Å². The number of hydrogen-bond donors (Lipinski definition) is 6. The van der Waals surface area contributed by atoms with E-state index in [-0.39, 0.29) is 0 Å². The second kappa shape index (κ2) is 4.28. The number of nitrogens with one attached hydrogen (secondary N) is 2. The number of Topliss-reactive ketones (excluding diaryl/α,β-unsaturated/α-hetero) is 1. The fourth-order valence-electron chi connectivity index (χ4n) is 0.277. The fraction of sp³-hybridized carbons (Fsp3) is 0.667. The molecule has 0 saturated carbocycles. The largest absolute Gasteiger partial charge is 0.370 e. The van der Waals surface area contributed by atoms with E-state index in [1.165, 1.54) is 11.0 Å². The van der Waals surface area contributed by atoms with E-state index in [0.29, 0.717) is 0 Å². The molecule has 6 N–H and O–H groups in total. The Balaban J connectivity index is 3.82. The van der Waals surface area contributed by atoms with E-state index in [4.69, 9.17) is 20.6 Å². The Labute approximate surface area is 55.8 Å². The SMILES string of the molecule is O=C(C(O)NO)C(O)NO. The third kappa shape index (κ3) is 2.35. The summed E-state index contributed by atoms with van der Waals surface area (Å²) < 4.78 is 0. The van der Waals surface area contributed by atoms with Crippen LogP contribution in [0.3, 0.4) is 0 Å². The number of rotatable bonds is 4. The van der Waals surface area contributed by atoms with E-state index in [1.807, 2.05) is 0 Å². The second-order valence-electron chi connectivity index (χ2n) is 1.47. The molecule has 0 aromatic carbocycles. The molecule has 0 fully saturated rings. The first-order valence-electron chi connectivity index (χ1n) is 2.32. The van der Waals surface area contributed by atoms with Crippen molar-refractivity contribution in [3.05, 3.63) is 0 Å². The molecule has 0 bridgehead atoms. The summed E-state index contributed by atoms with van der Waals surface area (Å²) in [5.74, 6) is -1.19. The smallest absolute Gasteiger partial charge is 0.223 e. The highest BCUT2D eigenvalue weighted by Gasteiger charge is 2.21. The van der Waals surface area contributed by atoms with Crippen LogP contribution in [-0.2, 0) is 4.79 Å². The van der Waals surface area contributed by atoms with Crippen molar-refractivity contribution in [1.82, 2.24) is 11.0 Å². The maximum absolute atomic E-state index is 10.4. The monoisotopic (exact) mass is 152 g/mol. The van der Waals surface area contributed by atoms with E-state index in [9.17, 15) is 4.79 Å². The summed E-state index contributed by atoms with van der Waals surface area (Å²) in [5, 5.41) is 32.6. The van der Waals surface area contributed by atoms with Gasteiger partial charge in [0, 0.05) is 0 Å². The van der Waals surface area contributed by atoms with Crippen LogP contribution >= 0.6 is 0 Å². The van der Waals surface area contributed by atoms with Crippen LogP contribution in [0.5, 0.6) is 0 Å². The van der Waals surface area contributed by atoms with Gasteiger partial charge in [0.2, 0.25) is 5.78 Å². The number of aliphatic hydroxyl groups excluding tert-OH is 2. The first kappa shape index (κ1) is 9.43. The van der Waals surface area contributed by atoms with E-state index in [0.717, 1.165) is 0 Å². The number of aliphatic hydroxyl groups is 2. The van der Waals surface area contributed by atoms with Gasteiger partial charge in [0.05, 0.1) is 0 Å². The molecule has 0 amide bonds. The van der Waals surface area contributed by atoms with Crippen molar-refractivity contribution in [2.75, 3.05) is 0 Å². The fourth-order valence-corrected chi connectivity index (χ4v) is 0.277. The van der Waals surface area contributed by atoms with Crippen LogP contribution in [0.15, 0.2) is 0 Å². The van der Waals surface area contributed by atoms with Gasteiger partial charge < -0.3 is 20.6 Å². The lowest BCUT2D eigenvalue weighted by Crippen LogP contribution is -2.46. The van der Waals surface area contributed by atoms with E-state index in [1.54, 1.807) is 0 Å². The molecule has 7 nitrogen and oxygen atoms in total. The average molecular weight is 152 g/mol. The molecular formula is C3H8N2O5. The third-order valence-corrected chi connectivity index (χ3v) is 0.784. The van der Waals surface area contributed by atoms with Gasteiger partial charge in [-0.2, -0.15) is 11.0 Å². The zero-order chi connectivity index (χ0) is 8.15. The van der Waals surface area contributed by atoms with E-state index >= 15 is 0 Å². The van der Waals surface area contributed by atoms with Gasteiger partial charge in [0.15, 0.2) is 12.5 Å². The summed E-state index contributed by atoms with van der Waals surface area (Å²) in [7, 11) is 0. The Morgan fingerprint density at radius 3 is 1.60 bits per heavy atom. The van der Waals surface area contributed by atoms with Gasteiger partial charge >= 0.3 is 0 Å². The van der Waals surface area contributed by atoms with E-state index < -0.39 is 18.2 Å². The highest BCUT2D eigenvalue weighted by molar-refractivity contribution is 5.85. The van der Waals surface area contributed by atoms with Crippen molar-refractivity contribution < 1.29 is 25.4 Å². The molecule has 0 aliphatic heterocycles. The molecule has 0 aromatic heterocycles. The summed E-state index contributed by atoms with van der Waals surface area (Å²) >= 11 is 0. The third-order valence-electron chi connectivity index (χ3n) is 0.784. The maximum atomic E-state index is 10.4. The predicted octanol–water partition coefficient (Wildman–Crippen LogP) is -2.85. The number of ketones is 1. The molecule has 0 radical (unpaired) electrons. The van der Waals surface area contributed by atoms with Gasteiger partial charge in [-0.15, -0.1) is 0 Å². The minimum Gasteiger partial charge on any atom is -0.370 e. The van der Waals surface area contributed by atoms with Gasteiger partial charge in [-0.3, -0.25) is 4.79 Å². The van der Waals surface area contributed by atoms with Crippen molar-refractivity contribution in [3.63, 3.8) is 0 Å². The molecular weight excluding hydrogens is 144 g/mol. The van der Waals surface area contributed by atoms with Crippen LogP contribution in [0, 0.1) is 0 Å². The molecule has 60 valence electrons. The molecule has 2 atom stereocenters. The van der Waals surface area contributed by atoms with Gasteiger partial charge in [0.25, 0.3) is 0 Å². The summed E-state index contributed by atoms with van der Waals surface area (Å²) in [6.45, 7) is 0. The predicted molar refractivity (Wildman–Crippen MR) is 26.9 cm³/mol. The first-order chi connectivity index (χ1) is 4.63. The maximum Gasteiger partial charge on any atom is 0.223 e. The molecule has 0 saturated heterocycles. The minimum atomic E-state index is -1.91. The molecule has 0 aliphatic rings. The molecule has 0 heterocycles. The van der Waals surface area contributed by atoms with Crippen molar-refractivity contribution in [2.24, 2.45) is 0 Å². The minimum absolute atomic E-state index is 1.17. The number of carbonyl (C=O) groups excluding carboxylic acids is 1. The van der Waals surface area contributed by atoms with Crippen LogP contribution < -0.4 is 11.0 Å². The van der Waals surface area contributed by atoms with Crippen LogP contribution in [0.2, 0.25) is 0 Å². The Hall–Kier alpha value is -0.570. The number of carbonyl (C=O) groups is 1. The first-order valence-corrected chi connectivity index (χ1v) is 2.32. The van der Waals surface area contributed by atoms with Crippen LogP contribution in [0.4, 0.5) is 0 Å². The molecule has 0 rings (SSSR count). The second-order valence-corrected chi connectivity index (χ2v) is 1.47. The lowest BCUT2D eigenvalue weighted by molar-refractivity contribution is -0.151. The summed E-state index contributed by atoms with van der Waals surface area (Å²) in [5.41, 5.74) is 2.35. The normalized spacial score (nSPS) is 16.4. The van der Waals surface area contributed by atoms with Gasteiger partial charge in [0.1, 0.15) is 0 Å². The highest BCUT2D eigenvalue weighted by atomic mass is 16.5. The molecule has 0 spiro atoms. The molecule has 2 unspecified atom stereocenters. The van der Waals surface area contributed by atoms with Crippen molar-refractivity contribution in [2.45, 2.75) is 12.5 Å². The molecule has 7 heteroatoms. The van der Waals surface area contributed by atoms with Crippen LogP contribution in [0.25, 0.3) is 0 Å². The molecule has 0 aromatic rings. The van der Waals surface area contributed by atoms with Gasteiger partial charge in [-0.25, -0.2) is 0 Å². The van der Waals surface area contributed by atoms with Gasteiger partial charge in [-0.1, -0.05) is 0 Å². The Morgan fingerprint density at radius 2 is 1.40 bits per heavy atom. The topological polar surface area (TPSA) is 122 Å². The summed E-state index contributed by atoms with van der Waals surface area (Å²) in [6.07, 6.45) is -3.82. The van der Waals surface area contributed by atoms with Gasteiger partial charge in [-0.05, 0) is 0 Å². The summed E-state index contributed by atoms with van der Waals surface area (Å²) in [4.78, 5) is 10.4. The number of hydrogen-bond acceptors (Lipinski definition) is 7. The molecule has 0 aliphatic carbocycles. The number of hydroxylamine groups is 2.